The first-order chi connectivity index (χ1) is 37.6. The largest absolute Gasteiger partial charge is 0.486 e. The second-order valence-electron chi connectivity index (χ2n) is 19.7. The average Bonchev–Trinajstić information content (AvgIpc) is 4.19. The van der Waals surface area contributed by atoms with E-state index in [0.29, 0.717) is 63.6 Å². The van der Waals surface area contributed by atoms with Crippen LogP contribution in [0.4, 0.5) is 25.2 Å². The number of halogens is 2. The number of carbonyl (C=O) groups excluding carboxylic acids is 3. The lowest BCUT2D eigenvalue weighted by Crippen LogP contribution is -2.40. The Bertz CT molecular complexity index is 3490. The summed E-state index contributed by atoms with van der Waals surface area (Å²) in [5, 5.41) is 14.2. The number of hydrogen-bond donors (Lipinski definition) is 2. The molecule has 0 saturated carbocycles. The molecule has 3 aliphatic rings. The average molecular weight is 1070 g/mol. The van der Waals surface area contributed by atoms with Crippen molar-refractivity contribution in [1.29, 1.82) is 0 Å². The van der Waals surface area contributed by atoms with E-state index in [1.807, 2.05) is 77.4 Å². The highest BCUT2D eigenvalue weighted by Crippen LogP contribution is 2.42. The highest BCUT2D eigenvalue weighted by molar-refractivity contribution is 6.00. The van der Waals surface area contributed by atoms with Crippen molar-refractivity contribution in [2.45, 2.75) is 84.4 Å². The number of fused-ring (bicyclic) bond motifs is 3. The van der Waals surface area contributed by atoms with Gasteiger partial charge < -0.3 is 48.9 Å². The molecule has 404 valence electrons. The third-order valence-electron chi connectivity index (χ3n) is 12.6. The minimum atomic E-state index is -0.645. The third-order valence-corrected chi connectivity index (χ3v) is 12.6. The lowest BCUT2D eigenvalue weighted by molar-refractivity contribution is 0.0490. The number of rotatable bonds is 10. The Morgan fingerprint density at radius 1 is 0.821 bits per heavy atom. The van der Waals surface area contributed by atoms with E-state index >= 15 is 0 Å². The minimum Gasteiger partial charge on any atom is -0.486 e. The fourth-order valence-electron chi connectivity index (χ4n) is 9.08. The van der Waals surface area contributed by atoms with Crippen LogP contribution in [0.2, 0.25) is 0 Å². The number of nitrogens with zero attached hydrogens (tertiary/aromatic N) is 10. The molecule has 0 radical (unpaired) electrons. The SMILES string of the molecule is CCOC(=O)c1cnn2cc3c(nc12)N(Cc1cc(F)cnc1OC[C@@H](C)NC(=O)OC(C)(C)C)[C@H](c1ccccc1)CO3.C[C@@H]1COc2ncc(F)cc2CN2c3nc4c(cnn4cc3OC[C@H]2c2ccccc2)C(=O)N1. The van der Waals surface area contributed by atoms with Crippen LogP contribution in [-0.2, 0) is 22.6 Å². The first kappa shape index (κ1) is 52.3. The van der Waals surface area contributed by atoms with Gasteiger partial charge in [-0.3, -0.25) is 4.79 Å². The Kier molecular flexibility index (Phi) is 14.9. The first-order valence-corrected chi connectivity index (χ1v) is 25.3. The second-order valence-corrected chi connectivity index (χ2v) is 19.7. The van der Waals surface area contributed by atoms with Crippen molar-refractivity contribution in [3.05, 3.63) is 155 Å². The van der Waals surface area contributed by atoms with Gasteiger partial charge in [0.05, 0.1) is 81.0 Å². The van der Waals surface area contributed by atoms with Crippen LogP contribution < -0.4 is 39.4 Å². The van der Waals surface area contributed by atoms with E-state index in [1.54, 1.807) is 47.0 Å². The Labute approximate surface area is 446 Å². The van der Waals surface area contributed by atoms with Crippen LogP contribution in [0.1, 0.15) is 96.6 Å². The van der Waals surface area contributed by atoms with Gasteiger partial charge in [0.2, 0.25) is 11.8 Å². The summed E-state index contributed by atoms with van der Waals surface area (Å²) in [7, 11) is 0. The smallest absolute Gasteiger partial charge is 0.407 e. The quantitative estimate of drug-likeness (QED) is 0.125. The molecule has 2 N–H and O–H groups in total. The zero-order chi connectivity index (χ0) is 54.7. The molecule has 78 heavy (non-hydrogen) atoms. The number of carbonyl (C=O) groups is 3. The monoisotopic (exact) mass is 1070 g/mol. The summed E-state index contributed by atoms with van der Waals surface area (Å²) in [6.07, 6.45) is 7.89. The number of esters is 1. The van der Waals surface area contributed by atoms with Crippen LogP contribution >= 0.6 is 0 Å². The van der Waals surface area contributed by atoms with Gasteiger partial charge in [-0.2, -0.15) is 10.2 Å². The van der Waals surface area contributed by atoms with Crippen LogP contribution in [0.3, 0.4) is 0 Å². The number of anilines is 2. The van der Waals surface area contributed by atoms with Crippen molar-refractivity contribution in [1.82, 2.24) is 49.8 Å². The van der Waals surface area contributed by atoms with Crippen molar-refractivity contribution in [2.24, 2.45) is 0 Å². The Balaban J connectivity index is 0.000000182. The van der Waals surface area contributed by atoms with Gasteiger partial charge in [-0.1, -0.05) is 60.7 Å². The highest BCUT2D eigenvalue weighted by atomic mass is 19.1. The molecule has 21 nitrogen and oxygen atoms in total. The minimum absolute atomic E-state index is 0.0598. The van der Waals surface area contributed by atoms with Crippen LogP contribution in [-0.4, -0.2) is 108 Å². The number of benzene rings is 2. The molecule has 0 unspecified atom stereocenters. The van der Waals surface area contributed by atoms with E-state index in [1.165, 1.54) is 33.6 Å². The molecule has 3 aliphatic heterocycles. The molecule has 2 aromatic carbocycles. The van der Waals surface area contributed by atoms with Gasteiger partial charge in [-0.25, -0.2) is 47.3 Å². The van der Waals surface area contributed by atoms with Gasteiger partial charge in [0.15, 0.2) is 34.4 Å². The van der Waals surface area contributed by atoms with E-state index < -0.39 is 35.3 Å². The van der Waals surface area contributed by atoms with Crippen LogP contribution in [0.25, 0.3) is 11.3 Å². The van der Waals surface area contributed by atoms with E-state index in [2.05, 4.69) is 30.8 Å². The predicted molar refractivity (Wildman–Crippen MR) is 279 cm³/mol. The van der Waals surface area contributed by atoms with Gasteiger partial charge in [0, 0.05) is 11.1 Å². The number of aromatic nitrogens is 8. The molecule has 0 saturated heterocycles. The van der Waals surface area contributed by atoms with Gasteiger partial charge in [-0.05, 0) is 64.8 Å². The van der Waals surface area contributed by atoms with Gasteiger partial charge >= 0.3 is 12.1 Å². The summed E-state index contributed by atoms with van der Waals surface area (Å²) in [5.41, 5.74) is 3.59. The summed E-state index contributed by atoms with van der Waals surface area (Å²) >= 11 is 0. The Morgan fingerprint density at radius 3 is 2.18 bits per heavy atom. The maximum Gasteiger partial charge on any atom is 0.407 e. The fraction of sp³-hybridized carbons (Fsp3) is 0.327. The number of ether oxygens (including phenoxy) is 6. The standard InChI is InChI=1S/C31H35FN6O6.C24H21FN6O3/c1-6-41-29(39)23-14-34-38-16-25-27(36-26(23)38)37(24(18-42-25)20-10-8-7-9-11-20)15-21-12-22(32)13-33-28(21)43-17-19(2)35-30(40)44-31(3,4)5;1-14-12-34-24-16(7-17(25)8-26-24)10-30-19(15-5-3-2-4-6-15)13-33-20-11-31-21(29-22(20)30)18(9-27-31)23(32)28-14/h7-14,16,19,24H,6,15,17-18H2,1-5H3,(H,35,40);2-9,11,14,19H,10,12-13H2,1H3,(H,28,32)/t19-,24+;14-,19+/m11/s1. The zero-order valence-corrected chi connectivity index (χ0v) is 43.6. The molecule has 2 amide bonds. The molecule has 0 spiro atoms. The van der Waals surface area contributed by atoms with E-state index in [9.17, 15) is 23.2 Å². The van der Waals surface area contributed by atoms with Crippen molar-refractivity contribution in [3.63, 3.8) is 0 Å². The summed E-state index contributed by atoms with van der Waals surface area (Å²) in [6.45, 7) is 12.1. The summed E-state index contributed by atoms with van der Waals surface area (Å²) in [6, 6.07) is 21.1. The molecule has 8 aromatic rings. The van der Waals surface area contributed by atoms with E-state index in [-0.39, 0.29) is 75.0 Å². The molecule has 2 bridgehead atoms. The Morgan fingerprint density at radius 2 is 1.46 bits per heavy atom. The lowest BCUT2D eigenvalue weighted by Gasteiger charge is -2.38. The maximum atomic E-state index is 14.6. The van der Waals surface area contributed by atoms with Gasteiger partial charge in [0.1, 0.15) is 54.8 Å². The van der Waals surface area contributed by atoms with Gasteiger partial charge in [-0.15, -0.1) is 0 Å². The fourth-order valence-corrected chi connectivity index (χ4v) is 9.08. The molecule has 0 fully saturated rings. The molecule has 9 heterocycles. The molecule has 23 heteroatoms. The first-order valence-electron chi connectivity index (χ1n) is 25.3. The van der Waals surface area contributed by atoms with Crippen molar-refractivity contribution in [2.75, 3.05) is 42.8 Å². The van der Waals surface area contributed by atoms with E-state index in [0.717, 1.165) is 23.5 Å². The van der Waals surface area contributed by atoms with Crippen LogP contribution in [0.15, 0.2) is 110 Å². The maximum absolute atomic E-state index is 14.6. The van der Waals surface area contributed by atoms with Gasteiger partial charge in [0.25, 0.3) is 5.91 Å². The number of pyridine rings is 2. The highest BCUT2D eigenvalue weighted by Gasteiger charge is 2.35. The van der Waals surface area contributed by atoms with Crippen LogP contribution in [0.5, 0.6) is 23.3 Å². The molecular formula is C55H56F2N12O9. The van der Waals surface area contributed by atoms with E-state index in [4.69, 9.17) is 38.4 Å². The topological polar surface area (TPSA) is 223 Å². The van der Waals surface area contributed by atoms with Crippen molar-refractivity contribution >= 4 is 40.9 Å². The number of alkyl carbamates (subject to hydrolysis) is 1. The molecular weight excluding hydrogens is 1010 g/mol. The molecule has 11 rings (SSSR count). The van der Waals surface area contributed by atoms with Crippen molar-refractivity contribution in [3.8, 4) is 23.3 Å². The third kappa shape index (κ3) is 11.5. The molecule has 6 aromatic heterocycles. The Hall–Kier alpha value is -9.15. The number of amides is 2. The van der Waals surface area contributed by atoms with Crippen molar-refractivity contribution < 1.29 is 51.6 Å². The number of nitrogens with one attached hydrogen (secondary N) is 2. The molecule has 4 atom stereocenters. The zero-order valence-electron chi connectivity index (χ0n) is 43.6. The summed E-state index contributed by atoms with van der Waals surface area (Å²) < 4.78 is 66.5. The lowest BCUT2D eigenvalue weighted by atomic mass is 10.0. The predicted octanol–water partition coefficient (Wildman–Crippen LogP) is 7.79. The number of hydrogen-bond acceptors (Lipinski definition) is 17. The molecule has 0 aliphatic carbocycles. The summed E-state index contributed by atoms with van der Waals surface area (Å²) in [5.74, 6) is 0.566. The van der Waals surface area contributed by atoms with Crippen LogP contribution in [0, 0.1) is 11.6 Å². The normalized spacial score (nSPS) is 17.2. The second kappa shape index (κ2) is 22.2. The summed E-state index contributed by atoms with van der Waals surface area (Å²) in [4.78, 5) is 59.8.